The fourth-order valence-electron chi connectivity index (χ4n) is 1.31. The van der Waals surface area contributed by atoms with Gasteiger partial charge in [0.1, 0.15) is 11.3 Å². The number of phenols is 1. The molecule has 14 heavy (non-hydrogen) atoms. The number of hydrogen-bond acceptors (Lipinski definition) is 3. The summed E-state index contributed by atoms with van der Waals surface area (Å²) < 4.78 is 4.91. The molecule has 0 saturated carbocycles. The van der Waals surface area contributed by atoms with Crippen LogP contribution in [-0.2, 0) is 0 Å². The van der Waals surface area contributed by atoms with Gasteiger partial charge in [0.25, 0.3) is 0 Å². The molecule has 3 nitrogen and oxygen atoms in total. The monoisotopic (exact) mass is 212 g/mol. The summed E-state index contributed by atoms with van der Waals surface area (Å²) in [4.78, 5) is 11.0. The lowest BCUT2D eigenvalue weighted by Crippen LogP contribution is -1.97. The smallest absolute Gasteiger partial charge is 0.336 e. The van der Waals surface area contributed by atoms with Crippen LogP contribution in [0.4, 0.5) is 0 Å². The van der Waals surface area contributed by atoms with Crippen molar-refractivity contribution < 1.29 is 9.52 Å². The second kappa shape index (κ2) is 3.72. The topological polar surface area (TPSA) is 50.4 Å². The number of fused-ring (bicyclic) bond motifs is 1. The third-order valence-corrected chi connectivity index (χ3v) is 1.93. The minimum Gasteiger partial charge on any atom is -0.508 e. The van der Waals surface area contributed by atoms with Gasteiger partial charge in [-0.1, -0.05) is 0 Å². The van der Waals surface area contributed by atoms with E-state index in [1.54, 1.807) is 12.1 Å². The molecule has 0 spiro atoms. The molecule has 0 bridgehead atoms. The molecule has 0 aliphatic rings. The van der Waals surface area contributed by atoms with Gasteiger partial charge in [-0.15, -0.1) is 12.4 Å². The minimum absolute atomic E-state index is 0. The Morgan fingerprint density at radius 2 is 2.00 bits per heavy atom. The molecule has 1 aromatic heterocycles. The Labute approximate surface area is 86.4 Å². The van der Waals surface area contributed by atoms with E-state index in [4.69, 9.17) is 9.52 Å². The number of rotatable bonds is 0. The van der Waals surface area contributed by atoms with Crippen LogP contribution in [-0.4, -0.2) is 5.11 Å². The molecule has 0 aliphatic heterocycles. The van der Waals surface area contributed by atoms with Crippen molar-refractivity contribution in [2.45, 2.75) is 6.92 Å². The van der Waals surface area contributed by atoms with E-state index in [1.807, 2.05) is 6.92 Å². The van der Waals surface area contributed by atoms with Crippen molar-refractivity contribution in [2.24, 2.45) is 0 Å². The fraction of sp³-hybridized carbons (Fsp3) is 0.100. The number of halogens is 1. The molecule has 74 valence electrons. The summed E-state index contributed by atoms with van der Waals surface area (Å²) in [5.41, 5.74) is 0.881. The Morgan fingerprint density at radius 1 is 1.29 bits per heavy atom. The van der Waals surface area contributed by atoms with E-state index < -0.39 is 5.63 Å². The van der Waals surface area contributed by atoms with Gasteiger partial charge < -0.3 is 9.52 Å². The summed E-state index contributed by atoms with van der Waals surface area (Å²) in [5, 5.41) is 9.99. The molecule has 2 rings (SSSR count). The van der Waals surface area contributed by atoms with Crippen LogP contribution in [0.25, 0.3) is 11.0 Å². The van der Waals surface area contributed by atoms with Gasteiger partial charge in [-0.3, -0.25) is 0 Å². The van der Waals surface area contributed by atoms with Gasteiger partial charge in [0.2, 0.25) is 0 Å². The Morgan fingerprint density at radius 3 is 2.71 bits per heavy atom. The first-order valence-corrected chi connectivity index (χ1v) is 3.90. The molecule has 0 aliphatic carbocycles. The average Bonchev–Trinajstić information content (AvgIpc) is 2.02. The maximum Gasteiger partial charge on any atom is 0.336 e. The highest BCUT2D eigenvalue weighted by Crippen LogP contribution is 2.20. The molecular formula is C10H9ClO3. The lowest BCUT2D eigenvalue weighted by Gasteiger charge is -1.99. The molecular weight excluding hydrogens is 204 g/mol. The zero-order valence-electron chi connectivity index (χ0n) is 7.48. The zero-order valence-corrected chi connectivity index (χ0v) is 8.30. The molecule has 1 N–H and O–H groups in total. The Bertz CT molecular complexity index is 516. The lowest BCUT2D eigenvalue weighted by atomic mass is 10.1. The zero-order chi connectivity index (χ0) is 9.42. The lowest BCUT2D eigenvalue weighted by molar-refractivity contribution is 0.473. The molecule has 0 amide bonds. The van der Waals surface area contributed by atoms with Crippen LogP contribution < -0.4 is 5.63 Å². The van der Waals surface area contributed by atoms with E-state index in [2.05, 4.69) is 0 Å². The van der Waals surface area contributed by atoms with E-state index in [0.717, 1.165) is 10.9 Å². The second-order valence-corrected chi connectivity index (χ2v) is 2.93. The van der Waals surface area contributed by atoms with Crippen molar-refractivity contribution in [2.75, 3.05) is 0 Å². The Balaban J connectivity index is 0.000000980. The van der Waals surface area contributed by atoms with E-state index in [9.17, 15) is 4.79 Å². The van der Waals surface area contributed by atoms with Gasteiger partial charge in [0.05, 0.1) is 0 Å². The van der Waals surface area contributed by atoms with Gasteiger partial charge in [-0.25, -0.2) is 4.79 Å². The predicted octanol–water partition coefficient (Wildman–Crippen LogP) is 2.23. The van der Waals surface area contributed by atoms with Crippen molar-refractivity contribution >= 4 is 23.4 Å². The molecule has 0 atom stereocenters. The molecule has 2 aromatic rings. The van der Waals surface area contributed by atoms with Crippen LogP contribution in [0.5, 0.6) is 5.75 Å². The molecule has 4 heteroatoms. The van der Waals surface area contributed by atoms with Crippen LogP contribution in [0, 0.1) is 6.92 Å². The quantitative estimate of drug-likeness (QED) is 0.682. The average molecular weight is 213 g/mol. The summed E-state index contributed by atoms with van der Waals surface area (Å²) >= 11 is 0. The first-order chi connectivity index (χ1) is 6.16. The van der Waals surface area contributed by atoms with Gasteiger partial charge >= 0.3 is 5.63 Å². The highest BCUT2D eigenvalue weighted by Gasteiger charge is 2.01. The third-order valence-electron chi connectivity index (χ3n) is 1.93. The highest BCUT2D eigenvalue weighted by atomic mass is 35.5. The molecule has 0 unspecified atom stereocenters. The van der Waals surface area contributed by atoms with Crippen molar-refractivity contribution in [3.8, 4) is 5.75 Å². The van der Waals surface area contributed by atoms with E-state index in [-0.39, 0.29) is 18.2 Å². The first kappa shape index (κ1) is 10.6. The third kappa shape index (κ3) is 1.72. The molecule has 1 heterocycles. The van der Waals surface area contributed by atoms with Crippen molar-refractivity contribution in [1.82, 2.24) is 0 Å². The first-order valence-electron chi connectivity index (χ1n) is 3.90. The Kier molecular flexibility index (Phi) is 2.81. The van der Waals surface area contributed by atoms with Crippen molar-refractivity contribution in [3.63, 3.8) is 0 Å². The maximum absolute atomic E-state index is 11.0. The van der Waals surface area contributed by atoms with Gasteiger partial charge in [-0.05, 0) is 24.6 Å². The molecule has 0 radical (unpaired) electrons. The van der Waals surface area contributed by atoms with E-state index in [0.29, 0.717) is 5.58 Å². The number of phenolic OH excluding ortho intramolecular Hbond substituents is 1. The highest BCUT2D eigenvalue weighted by molar-refractivity contribution is 5.85. The van der Waals surface area contributed by atoms with Gasteiger partial charge in [0.15, 0.2) is 0 Å². The molecule has 1 aromatic carbocycles. The van der Waals surface area contributed by atoms with Crippen LogP contribution in [0.15, 0.2) is 33.5 Å². The standard InChI is InChI=1S/C10H8O3.ClH/c1-6-4-10(12)13-9-5-7(11)2-3-8(6)9;/h2-5,11H,1H3;1H. The normalized spacial score (nSPS) is 9.79. The van der Waals surface area contributed by atoms with Crippen molar-refractivity contribution in [1.29, 1.82) is 0 Å². The summed E-state index contributed by atoms with van der Waals surface area (Å²) in [7, 11) is 0. The molecule has 0 saturated heterocycles. The van der Waals surface area contributed by atoms with E-state index in [1.165, 1.54) is 12.1 Å². The van der Waals surface area contributed by atoms with Crippen LogP contribution >= 0.6 is 12.4 Å². The number of benzene rings is 1. The summed E-state index contributed by atoms with van der Waals surface area (Å²) in [6.07, 6.45) is 0. The van der Waals surface area contributed by atoms with Gasteiger partial charge in [0, 0.05) is 17.5 Å². The number of aryl methyl sites for hydroxylation is 1. The number of hydrogen-bond donors (Lipinski definition) is 1. The van der Waals surface area contributed by atoms with Gasteiger partial charge in [-0.2, -0.15) is 0 Å². The van der Waals surface area contributed by atoms with Crippen molar-refractivity contribution in [3.05, 3.63) is 40.2 Å². The summed E-state index contributed by atoms with van der Waals surface area (Å²) in [5.74, 6) is 0.0984. The predicted molar refractivity (Wildman–Crippen MR) is 56.1 cm³/mol. The largest absolute Gasteiger partial charge is 0.508 e. The fourth-order valence-corrected chi connectivity index (χ4v) is 1.31. The van der Waals surface area contributed by atoms with Crippen LogP contribution in [0.2, 0.25) is 0 Å². The number of aromatic hydroxyl groups is 1. The SMILES string of the molecule is Cc1cc(=O)oc2cc(O)ccc12.Cl. The van der Waals surface area contributed by atoms with E-state index >= 15 is 0 Å². The maximum atomic E-state index is 11.0. The molecule has 0 fully saturated rings. The summed E-state index contributed by atoms with van der Waals surface area (Å²) in [6.45, 7) is 1.83. The minimum atomic E-state index is -0.393. The van der Waals surface area contributed by atoms with Crippen LogP contribution in [0.3, 0.4) is 0 Å². The summed E-state index contributed by atoms with van der Waals surface area (Å²) in [6, 6.07) is 6.15. The Hall–Kier alpha value is -1.48. The van der Waals surface area contributed by atoms with Crippen LogP contribution in [0.1, 0.15) is 5.56 Å². The second-order valence-electron chi connectivity index (χ2n) is 2.93.